The third kappa shape index (κ3) is 6.81. The van der Waals surface area contributed by atoms with E-state index < -0.39 is 0 Å². The fourth-order valence-electron chi connectivity index (χ4n) is 3.17. The third-order valence-corrected chi connectivity index (χ3v) is 4.67. The van der Waals surface area contributed by atoms with Crippen LogP contribution in [0.2, 0.25) is 0 Å². The summed E-state index contributed by atoms with van der Waals surface area (Å²) in [7, 11) is 0. The van der Waals surface area contributed by atoms with Crippen LogP contribution in [0.5, 0.6) is 11.5 Å². The van der Waals surface area contributed by atoms with Crippen molar-refractivity contribution in [2.75, 3.05) is 18.4 Å². The van der Waals surface area contributed by atoms with Gasteiger partial charge in [0.2, 0.25) is 5.91 Å². The number of amides is 1. The summed E-state index contributed by atoms with van der Waals surface area (Å²) in [5.74, 6) is 1.71. The molecule has 0 unspecified atom stereocenters. The van der Waals surface area contributed by atoms with Crippen LogP contribution in [0.4, 0.5) is 5.69 Å². The van der Waals surface area contributed by atoms with Gasteiger partial charge >= 0.3 is 0 Å². The van der Waals surface area contributed by atoms with Crippen LogP contribution in [0.25, 0.3) is 0 Å². The second kappa shape index (κ2) is 10.4. The van der Waals surface area contributed by atoms with E-state index in [0.717, 1.165) is 30.2 Å². The lowest BCUT2D eigenvalue weighted by molar-refractivity contribution is -0.120. The normalized spacial score (nSPS) is 13.6. The van der Waals surface area contributed by atoms with E-state index in [1.54, 1.807) is 0 Å². The zero-order chi connectivity index (χ0) is 18.7. The van der Waals surface area contributed by atoms with Gasteiger partial charge in [-0.15, -0.1) is 0 Å². The molecule has 0 atom stereocenters. The van der Waals surface area contributed by atoms with Crippen molar-refractivity contribution < 1.29 is 9.53 Å². The second-order valence-electron chi connectivity index (χ2n) is 6.82. The first-order chi connectivity index (χ1) is 13.3. The minimum Gasteiger partial charge on any atom is -0.457 e. The van der Waals surface area contributed by atoms with Crippen LogP contribution in [0.15, 0.2) is 66.2 Å². The van der Waals surface area contributed by atoms with Crippen molar-refractivity contribution in [3.05, 3.63) is 66.2 Å². The fourth-order valence-corrected chi connectivity index (χ4v) is 3.17. The first-order valence-corrected chi connectivity index (χ1v) is 9.81. The molecular weight excluding hydrogens is 336 g/mol. The van der Waals surface area contributed by atoms with Crippen LogP contribution in [0.3, 0.4) is 0 Å². The lowest BCUT2D eigenvalue weighted by Gasteiger charge is -2.13. The standard InChI is InChI=1S/C23H28N2O2/c26-23(25-17-15-19-7-3-1-4-8-19)16-18-24-20-11-13-22(14-12-20)27-21-9-5-2-6-10-21/h2,5-7,9-14,24H,1,3-4,8,15-18H2,(H,25,26). The van der Waals surface area contributed by atoms with Crippen LogP contribution < -0.4 is 15.4 Å². The van der Waals surface area contributed by atoms with Crippen molar-refractivity contribution >= 4 is 11.6 Å². The maximum Gasteiger partial charge on any atom is 0.221 e. The van der Waals surface area contributed by atoms with Gasteiger partial charge in [0.1, 0.15) is 11.5 Å². The molecule has 3 rings (SSSR count). The number of rotatable bonds is 9. The highest BCUT2D eigenvalue weighted by Gasteiger charge is 2.05. The first-order valence-electron chi connectivity index (χ1n) is 9.81. The Balaban J connectivity index is 1.32. The molecule has 0 fully saturated rings. The molecule has 0 spiro atoms. The minimum atomic E-state index is 0.0999. The Labute approximate surface area is 161 Å². The maximum absolute atomic E-state index is 11.9. The van der Waals surface area contributed by atoms with Crippen LogP contribution in [0.1, 0.15) is 38.5 Å². The fraction of sp³-hybridized carbons (Fsp3) is 0.348. The number of allylic oxidation sites excluding steroid dienone is 1. The van der Waals surface area contributed by atoms with Gasteiger partial charge in [0.25, 0.3) is 0 Å². The molecule has 4 heteroatoms. The maximum atomic E-state index is 11.9. The molecule has 0 aliphatic heterocycles. The molecule has 0 saturated carbocycles. The van der Waals surface area contributed by atoms with Crippen LogP contribution in [-0.4, -0.2) is 19.0 Å². The zero-order valence-electron chi connectivity index (χ0n) is 15.7. The van der Waals surface area contributed by atoms with Gasteiger partial charge in [-0.3, -0.25) is 4.79 Å². The van der Waals surface area contributed by atoms with Crippen LogP contribution >= 0.6 is 0 Å². The van der Waals surface area contributed by atoms with Gasteiger partial charge in [-0.2, -0.15) is 0 Å². The molecular formula is C23H28N2O2. The van der Waals surface area contributed by atoms with Crippen LogP contribution in [-0.2, 0) is 4.79 Å². The van der Waals surface area contributed by atoms with E-state index in [2.05, 4.69) is 16.7 Å². The van der Waals surface area contributed by atoms with E-state index in [0.29, 0.717) is 13.0 Å². The second-order valence-corrected chi connectivity index (χ2v) is 6.82. The van der Waals surface area contributed by atoms with Crippen molar-refractivity contribution in [1.29, 1.82) is 0 Å². The van der Waals surface area contributed by atoms with E-state index >= 15 is 0 Å². The number of benzene rings is 2. The van der Waals surface area contributed by atoms with Gasteiger partial charge < -0.3 is 15.4 Å². The molecule has 2 N–H and O–H groups in total. The Kier molecular flexibility index (Phi) is 7.34. The van der Waals surface area contributed by atoms with Gasteiger partial charge in [-0.05, 0) is 68.5 Å². The average Bonchev–Trinajstić information content (AvgIpc) is 2.71. The highest BCUT2D eigenvalue weighted by atomic mass is 16.5. The SMILES string of the molecule is O=C(CCNc1ccc(Oc2ccccc2)cc1)NCCC1=CCCCC1. The average molecular weight is 364 g/mol. The molecule has 0 saturated heterocycles. The summed E-state index contributed by atoms with van der Waals surface area (Å²) < 4.78 is 5.77. The minimum absolute atomic E-state index is 0.0999. The molecule has 0 heterocycles. The number of anilines is 1. The third-order valence-electron chi connectivity index (χ3n) is 4.67. The largest absolute Gasteiger partial charge is 0.457 e. The Morgan fingerprint density at radius 1 is 0.926 bits per heavy atom. The van der Waals surface area contributed by atoms with E-state index in [4.69, 9.17) is 4.74 Å². The molecule has 2 aromatic rings. The lowest BCUT2D eigenvalue weighted by atomic mass is 9.97. The van der Waals surface area contributed by atoms with Gasteiger partial charge in [0, 0.05) is 25.2 Å². The van der Waals surface area contributed by atoms with Gasteiger partial charge in [-0.1, -0.05) is 29.8 Å². The molecule has 1 aliphatic rings. The molecule has 4 nitrogen and oxygen atoms in total. The van der Waals surface area contributed by atoms with Crippen molar-refractivity contribution in [3.63, 3.8) is 0 Å². The first kappa shape index (κ1) is 19.0. The Morgan fingerprint density at radius 3 is 2.44 bits per heavy atom. The molecule has 1 aliphatic carbocycles. The summed E-state index contributed by atoms with van der Waals surface area (Å²) in [6.45, 7) is 1.36. The van der Waals surface area contributed by atoms with Crippen molar-refractivity contribution in [3.8, 4) is 11.5 Å². The summed E-state index contributed by atoms with van der Waals surface area (Å²) >= 11 is 0. The zero-order valence-corrected chi connectivity index (χ0v) is 15.7. The van der Waals surface area contributed by atoms with E-state index in [1.165, 1.54) is 31.3 Å². The quantitative estimate of drug-likeness (QED) is 0.595. The summed E-state index contributed by atoms with van der Waals surface area (Å²) in [4.78, 5) is 11.9. The van der Waals surface area contributed by atoms with Crippen molar-refractivity contribution in [1.82, 2.24) is 5.32 Å². The molecule has 0 radical (unpaired) electrons. The van der Waals surface area contributed by atoms with Gasteiger partial charge in [-0.25, -0.2) is 0 Å². The summed E-state index contributed by atoms with van der Waals surface area (Å²) in [5.41, 5.74) is 2.48. The highest BCUT2D eigenvalue weighted by molar-refractivity contribution is 5.76. The highest BCUT2D eigenvalue weighted by Crippen LogP contribution is 2.22. The molecule has 0 bridgehead atoms. The summed E-state index contributed by atoms with van der Waals surface area (Å²) in [6.07, 6.45) is 8.79. The smallest absolute Gasteiger partial charge is 0.221 e. The topological polar surface area (TPSA) is 50.4 Å². The molecule has 142 valence electrons. The number of para-hydroxylation sites is 1. The summed E-state index contributed by atoms with van der Waals surface area (Å²) in [6, 6.07) is 17.5. The van der Waals surface area contributed by atoms with E-state index in [1.807, 2.05) is 54.6 Å². The Morgan fingerprint density at radius 2 is 1.70 bits per heavy atom. The predicted octanol–water partition coefficient (Wildman–Crippen LogP) is 5.29. The van der Waals surface area contributed by atoms with Crippen molar-refractivity contribution in [2.45, 2.75) is 38.5 Å². The summed E-state index contributed by atoms with van der Waals surface area (Å²) in [5, 5.41) is 6.29. The van der Waals surface area contributed by atoms with Gasteiger partial charge in [0.15, 0.2) is 0 Å². The monoisotopic (exact) mass is 364 g/mol. The molecule has 1 amide bonds. The Hall–Kier alpha value is -2.75. The molecule has 27 heavy (non-hydrogen) atoms. The number of carbonyl (C=O) groups is 1. The lowest BCUT2D eigenvalue weighted by Crippen LogP contribution is -2.26. The van der Waals surface area contributed by atoms with E-state index in [9.17, 15) is 4.79 Å². The molecule has 0 aromatic heterocycles. The number of hydrogen-bond donors (Lipinski definition) is 2. The number of hydrogen-bond acceptors (Lipinski definition) is 3. The molecule has 2 aromatic carbocycles. The number of ether oxygens (including phenoxy) is 1. The number of nitrogens with one attached hydrogen (secondary N) is 2. The Bertz CT molecular complexity index is 739. The predicted molar refractivity (Wildman–Crippen MR) is 110 cm³/mol. The van der Waals surface area contributed by atoms with Crippen molar-refractivity contribution in [2.24, 2.45) is 0 Å². The van der Waals surface area contributed by atoms with E-state index in [-0.39, 0.29) is 5.91 Å². The van der Waals surface area contributed by atoms with Crippen LogP contribution in [0, 0.1) is 0 Å². The number of carbonyl (C=O) groups excluding carboxylic acids is 1. The van der Waals surface area contributed by atoms with Gasteiger partial charge in [0.05, 0.1) is 0 Å².